The number of benzene rings is 3. The van der Waals surface area contributed by atoms with Crippen molar-refractivity contribution < 1.29 is 22.4 Å². The third-order valence-corrected chi connectivity index (χ3v) is 8.29. The number of unbranched alkanes of at least 4 members (excludes halogenated alkanes) is 1. The Kier molecular flexibility index (Phi) is 10.6. The molecular formula is C30H36FN3O4S. The lowest BCUT2D eigenvalue weighted by atomic mass is 10.1. The fourth-order valence-corrected chi connectivity index (χ4v) is 5.66. The number of sulfonamides is 1. The summed E-state index contributed by atoms with van der Waals surface area (Å²) >= 11 is 0. The molecule has 2 amide bonds. The highest BCUT2D eigenvalue weighted by Gasteiger charge is 2.33. The van der Waals surface area contributed by atoms with Crippen LogP contribution in [-0.4, -0.2) is 44.3 Å². The highest BCUT2D eigenvalue weighted by molar-refractivity contribution is 7.92. The van der Waals surface area contributed by atoms with Gasteiger partial charge in [-0.25, -0.2) is 12.8 Å². The number of halogens is 1. The number of amides is 2. The monoisotopic (exact) mass is 553 g/mol. The summed E-state index contributed by atoms with van der Waals surface area (Å²) in [6.07, 6.45) is 2.25. The van der Waals surface area contributed by atoms with Crippen molar-refractivity contribution in [1.82, 2.24) is 10.2 Å². The van der Waals surface area contributed by atoms with Gasteiger partial charge in [-0.15, -0.1) is 0 Å². The van der Waals surface area contributed by atoms with Gasteiger partial charge in [-0.2, -0.15) is 0 Å². The summed E-state index contributed by atoms with van der Waals surface area (Å²) < 4.78 is 42.4. The first kappa shape index (κ1) is 29.8. The third-order valence-electron chi connectivity index (χ3n) is 6.51. The standard InChI is InChI=1S/C30H36FN3O4S/c1-4-6-20-32-30(36)23(3)33(21-24-16-18-26(31)19-17-24)29(35)22-34(28-15-11-10-12-25(28)5-2)39(37,38)27-13-8-7-9-14-27/h7-19,23H,4-6,20-22H2,1-3H3,(H,32,36). The molecule has 0 saturated heterocycles. The van der Waals surface area contributed by atoms with Crippen LogP contribution < -0.4 is 9.62 Å². The van der Waals surface area contributed by atoms with Crippen LogP contribution in [0.1, 0.15) is 44.7 Å². The topological polar surface area (TPSA) is 86.8 Å². The van der Waals surface area contributed by atoms with Crippen LogP contribution in [0.25, 0.3) is 0 Å². The molecule has 1 unspecified atom stereocenters. The number of nitrogens with one attached hydrogen (secondary N) is 1. The number of hydrogen-bond donors (Lipinski definition) is 1. The van der Waals surface area contributed by atoms with Crippen LogP contribution in [0.4, 0.5) is 10.1 Å². The van der Waals surface area contributed by atoms with Gasteiger partial charge in [0.05, 0.1) is 10.6 Å². The summed E-state index contributed by atoms with van der Waals surface area (Å²) in [7, 11) is -4.12. The minimum Gasteiger partial charge on any atom is -0.354 e. The lowest BCUT2D eigenvalue weighted by Gasteiger charge is -2.32. The molecule has 0 fully saturated rings. The summed E-state index contributed by atoms with van der Waals surface area (Å²) in [4.78, 5) is 28.3. The molecule has 0 aliphatic rings. The van der Waals surface area contributed by atoms with Gasteiger partial charge in [-0.1, -0.05) is 68.8 Å². The second kappa shape index (κ2) is 13.9. The van der Waals surface area contributed by atoms with Gasteiger partial charge in [-0.05, 0) is 61.2 Å². The van der Waals surface area contributed by atoms with Crippen molar-refractivity contribution in [3.63, 3.8) is 0 Å². The fraction of sp³-hybridized carbons (Fsp3) is 0.333. The van der Waals surface area contributed by atoms with Crippen LogP contribution in [0.5, 0.6) is 0 Å². The van der Waals surface area contributed by atoms with E-state index in [2.05, 4.69) is 5.32 Å². The first-order valence-electron chi connectivity index (χ1n) is 13.2. The molecule has 0 heterocycles. The number of rotatable bonds is 13. The maximum absolute atomic E-state index is 13.9. The Morgan fingerprint density at radius 1 is 0.923 bits per heavy atom. The lowest BCUT2D eigenvalue weighted by Crippen LogP contribution is -2.51. The normalized spacial score (nSPS) is 12.0. The summed E-state index contributed by atoms with van der Waals surface area (Å²) in [5, 5.41) is 2.85. The first-order valence-corrected chi connectivity index (χ1v) is 14.6. The molecule has 208 valence electrons. The third kappa shape index (κ3) is 7.66. The number of aryl methyl sites for hydroxylation is 1. The van der Waals surface area contributed by atoms with E-state index < -0.39 is 34.3 Å². The number of para-hydroxylation sites is 1. The van der Waals surface area contributed by atoms with E-state index in [1.54, 1.807) is 49.4 Å². The van der Waals surface area contributed by atoms with Crippen molar-refractivity contribution >= 4 is 27.5 Å². The molecule has 3 aromatic carbocycles. The number of hydrogen-bond acceptors (Lipinski definition) is 4. The number of anilines is 1. The van der Waals surface area contributed by atoms with Crippen LogP contribution in [-0.2, 0) is 32.6 Å². The van der Waals surface area contributed by atoms with E-state index in [9.17, 15) is 22.4 Å². The van der Waals surface area contributed by atoms with E-state index in [1.165, 1.54) is 29.2 Å². The van der Waals surface area contributed by atoms with Gasteiger partial charge < -0.3 is 10.2 Å². The molecule has 1 atom stereocenters. The Hall–Kier alpha value is -3.72. The molecule has 9 heteroatoms. The minimum absolute atomic E-state index is 0.0100. The zero-order valence-corrected chi connectivity index (χ0v) is 23.5. The van der Waals surface area contributed by atoms with Gasteiger partial charge in [0.15, 0.2) is 0 Å². The van der Waals surface area contributed by atoms with E-state index in [1.807, 2.05) is 26.0 Å². The minimum atomic E-state index is -4.12. The number of carbonyl (C=O) groups excluding carboxylic acids is 2. The second-order valence-corrected chi connectivity index (χ2v) is 11.1. The van der Waals surface area contributed by atoms with E-state index in [4.69, 9.17) is 0 Å². The van der Waals surface area contributed by atoms with Gasteiger partial charge in [0, 0.05) is 13.1 Å². The predicted octanol–water partition coefficient (Wildman–Crippen LogP) is 4.92. The van der Waals surface area contributed by atoms with Gasteiger partial charge in [-0.3, -0.25) is 13.9 Å². The molecule has 0 saturated carbocycles. The molecule has 3 aromatic rings. The average molecular weight is 554 g/mol. The van der Waals surface area contributed by atoms with Crippen LogP contribution >= 0.6 is 0 Å². The largest absolute Gasteiger partial charge is 0.354 e. The molecular weight excluding hydrogens is 517 g/mol. The van der Waals surface area contributed by atoms with Crippen LogP contribution in [0.15, 0.2) is 83.8 Å². The first-order chi connectivity index (χ1) is 18.7. The maximum atomic E-state index is 13.9. The number of carbonyl (C=O) groups is 2. The Balaban J connectivity index is 2.02. The van der Waals surface area contributed by atoms with Crippen molar-refractivity contribution in [1.29, 1.82) is 0 Å². The van der Waals surface area contributed by atoms with Crippen molar-refractivity contribution in [2.45, 2.75) is 57.5 Å². The lowest BCUT2D eigenvalue weighted by molar-refractivity contribution is -0.139. The smallest absolute Gasteiger partial charge is 0.264 e. The SMILES string of the molecule is CCCCNC(=O)C(C)N(Cc1ccc(F)cc1)C(=O)CN(c1ccccc1CC)S(=O)(=O)c1ccccc1. The fourth-order valence-electron chi connectivity index (χ4n) is 4.19. The molecule has 0 aliphatic heterocycles. The van der Waals surface area contributed by atoms with Gasteiger partial charge in [0.1, 0.15) is 18.4 Å². The van der Waals surface area contributed by atoms with E-state index in [0.717, 1.165) is 22.7 Å². The van der Waals surface area contributed by atoms with Crippen LogP contribution in [0.3, 0.4) is 0 Å². The summed E-state index contributed by atoms with van der Waals surface area (Å²) in [5.74, 6) is -1.31. The quantitative estimate of drug-likeness (QED) is 0.305. The predicted molar refractivity (Wildman–Crippen MR) is 151 cm³/mol. The summed E-state index contributed by atoms with van der Waals surface area (Å²) in [6, 6.07) is 19.8. The second-order valence-electron chi connectivity index (χ2n) is 9.28. The Morgan fingerprint density at radius 2 is 1.56 bits per heavy atom. The van der Waals surface area contributed by atoms with E-state index >= 15 is 0 Å². The molecule has 0 bridgehead atoms. The van der Waals surface area contributed by atoms with Crippen molar-refractivity contribution in [3.8, 4) is 0 Å². The molecule has 39 heavy (non-hydrogen) atoms. The van der Waals surface area contributed by atoms with Crippen LogP contribution in [0.2, 0.25) is 0 Å². The number of nitrogens with zero attached hydrogens (tertiary/aromatic N) is 2. The van der Waals surface area contributed by atoms with E-state index in [-0.39, 0.29) is 17.3 Å². The molecule has 3 rings (SSSR count). The van der Waals surface area contributed by atoms with Crippen LogP contribution in [0, 0.1) is 5.82 Å². The zero-order valence-electron chi connectivity index (χ0n) is 22.6. The molecule has 1 N–H and O–H groups in total. The molecule has 7 nitrogen and oxygen atoms in total. The Bertz CT molecular complexity index is 1350. The maximum Gasteiger partial charge on any atom is 0.264 e. The highest BCUT2D eigenvalue weighted by Crippen LogP contribution is 2.28. The Labute approximate surface area is 230 Å². The highest BCUT2D eigenvalue weighted by atomic mass is 32.2. The molecule has 0 spiro atoms. The summed E-state index contributed by atoms with van der Waals surface area (Å²) in [6.45, 7) is 5.50. The van der Waals surface area contributed by atoms with E-state index in [0.29, 0.717) is 24.2 Å². The van der Waals surface area contributed by atoms with Crippen molar-refractivity contribution in [2.75, 3.05) is 17.4 Å². The molecule has 0 radical (unpaired) electrons. The summed E-state index contributed by atoms with van der Waals surface area (Å²) in [5.41, 5.74) is 1.78. The van der Waals surface area contributed by atoms with Gasteiger partial charge >= 0.3 is 0 Å². The van der Waals surface area contributed by atoms with Gasteiger partial charge in [0.2, 0.25) is 11.8 Å². The molecule has 0 aliphatic carbocycles. The van der Waals surface area contributed by atoms with Crippen molar-refractivity contribution in [3.05, 3.63) is 95.8 Å². The zero-order chi connectivity index (χ0) is 28.4. The Morgan fingerprint density at radius 3 is 2.21 bits per heavy atom. The van der Waals surface area contributed by atoms with Crippen molar-refractivity contribution in [2.24, 2.45) is 0 Å². The molecule has 0 aromatic heterocycles. The van der Waals surface area contributed by atoms with Gasteiger partial charge in [0.25, 0.3) is 10.0 Å². The average Bonchev–Trinajstić information content (AvgIpc) is 2.95.